The van der Waals surface area contributed by atoms with Gasteiger partial charge in [-0.1, -0.05) is 0 Å². The molecule has 3 rings (SSSR count). The van der Waals surface area contributed by atoms with Crippen LogP contribution < -0.4 is 5.32 Å². The lowest BCUT2D eigenvalue weighted by atomic mass is 9.93. The number of aromatic nitrogens is 3. The van der Waals surface area contributed by atoms with Crippen LogP contribution in [-0.2, 0) is 23.1 Å². The van der Waals surface area contributed by atoms with E-state index >= 15 is 0 Å². The number of amides is 2. The lowest BCUT2D eigenvalue weighted by molar-refractivity contribution is -0.133. The van der Waals surface area contributed by atoms with Crippen molar-refractivity contribution in [3.8, 4) is 0 Å². The highest BCUT2D eigenvalue weighted by atomic mass is 19.1. The lowest BCUT2D eigenvalue weighted by Crippen LogP contribution is -2.44. The number of aryl methyl sites for hydroxylation is 2. The Kier molecular flexibility index (Phi) is 6.00. The predicted octanol–water partition coefficient (Wildman–Crippen LogP) is 2.39. The molecule has 3 heterocycles. The molecule has 2 atom stereocenters. The van der Waals surface area contributed by atoms with Gasteiger partial charge in [0, 0.05) is 55.8 Å². The Morgan fingerprint density at radius 1 is 1.31 bits per heavy atom. The molecule has 0 aromatic carbocycles. The topological polar surface area (TPSA) is 80.1 Å². The minimum atomic E-state index is -0.408. The first-order valence-corrected chi connectivity index (χ1v) is 9.82. The fourth-order valence-corrected chi connectivity index (χ4v) is 3.97. The summed E-state index contributed by atoms with van der Waals surface area (Å²) >= 11 is 0. The molecular formula is C21H28FN5O2. The number of rotatable bonds is 6. The zero-order valence-electron chi connectivity index (χ0n) is 17.4. The Morgan fingerprint density at radius 2 is 2.07 bits per heavy atom. The molecule has 2 aromatic rings. The van der Waals surface area contributed by atoms with E-state index in [2.05, 4.69) is 15.4 Å². The van der Waals surface area contributed by atoms with Gasteiger partial charge in [0.1, 0.15) is 5.82 Å². The minimum absolute atomic E-state index is 0.0364. The van der Waals surface area contributed by atoms with Gasteiger partial charge in [-0.2, -0.15) is 5.10 Å². The molecule has 0 saturated carbocycles. The maximum Gasteiger partial charge on any atom is 0.223 e. The molecule has 1 N–H and O–H groups in total. The summed E-state index contributed by atoms with van der Waals surface area (Å²) in [6.07, 6.45) is 7.45. The molecule has 2 amide bonds. The number of hydrogen-bond acceptors (Lipinski definition) is 4. The highest BCUT2D eigenvalue weighted by Gasteiger charge is 2.45. The molecule has 1 aliphatic rings. The van der Waals surface area contributed by atoms with Crippen molar-refractivity contribution in [2.75, 3.05) is 6.54 Å². The third-order valence-corrected chi connectivity index (χ3v) is 5.18. The van der Waals surface area contributed by atoms with E-state index in [0.717, 1.165) is 11.8 Å². The summed E-state index contributed by atoms with van der Waals surface area (Å²) in [6, 6.07) is 1.25. The summed E-state index contributed by atoms with van der Waals surface area (Å²) in [4.78, 5) is 30.8. The number of hydrogen-bond donors (Lipinski definition) is 1. The molecule has 1 fully saturated rings. The molecular weight excluding hydrogens is 373 g/mol. The van der Waals surface area contributed by atoms with E-state index in [1.807, 2.05) is 38.9 Å². The average molecular weight is 401 g/mol. The second-order valence-electron chi connectivity index (χ2n) is 8.61. The van der Waals surface area contributed by atoms with Crippen LogP contribution >= 0.6 is 0 Å². The van der Waals surface area contributed by atoms with E-state index in [-0.39, 0.29) is 35.7 Å². The Labute approximate surface area is 170 Å². The van der Waals surface area contributed by atoms with E-state index in [1.165, 1.54) is 6.07 Å². The number of carbonyl (C=O) groups is 2. The Hall–Kier alpha value is -2.77. The van der Waals surface area contributed by atoms with Crippen LogP contribution in [0.25, 0.3) is 0 Å². The predicted molar refractivity (Wildman–Crippen MR) is 106 cm³/mol. The van der Waals surface area contributed by atoms with Crippen molar-refractivity contribution < 1.29 is 14.0 Å². The first-order valence-electron chi connectivity index (χ1n) is 9.82. The number of nitrogens with one attached hydrogen (secondary N) is 1. The molecule has 156 valence electrons. The van der Waals surface area contributed by atoms with Crippen LogP contribution in [0.4, 0.5) is 4.39 Å². The van der Waals surface area contributed by atoms with Crippen molar-refractivity contribution in [2.24, 2.45) is 13.0 Å². The highest BCUT2D eigenvalue weighted by Crippen LogP contribution is 2.41. The number of carbonyl (C=O) groups excluding carboxylic acids is 2. The van der Waals surface area contributed by atoms with Gasteiger partial charge < -0.3 is 10.2 Å². The normalized spacial score (nSPS) is 19.6. The van der Waals surface area contributed by atoms with E-state index in [4.69, 9.17) is 0 Å². The number of likely N-dealkylation sites (tertiary alicyclic amines) is 1. The molecule has 1 aliphatic heterocycles. The summed E-state index contributed by atoms with van der Waals surface area (Å²) in [5.41, 5.74) is 1.32. The molecule has 0 spiro atoms. The van der Waals surface area contributed by atoms with Gasteiger partial charge in [0.25, 0.3) is 0 Å². The van der Waals surface area contributed by atoms with Crippen LogP contribution in [0.15, 0.2) is 30.9 Å². The molecule has 2 aromatic heterocycles. The Bertz CT molecular complexity index is 889. The minimum Gasteiger partial charge on any atom is -0.356 e. The smallest absolute Gasteiger partial charge is 0.223 e. The van der Waals surface area contributed by atoms with Crippen LogP contribution in [0.2, 0.25) is 0 Å². The van der Waals surface area contributed by atoms with Crippen LogP contribution in [0.5, 0.6) is 0 Å². The van der Waals surface area contributed by atoms with E-state index in [9.17, 15) is 14.0 Å². The summed E-state index contributed by atoms with van der Waals surface area (Å²) in [6.45, 7) is 6.45. The highest BCUT2D eigenvalue weighted by molar-refractivity contribution is 5.81. The largest absolute Gasteiger partial charge is 0.356 e. The zero-order valence-corrected chi connectivity index (χ0v) is 17.4. The number of pyridine rings is 1. The fraction of sp³-hybridized carbons (Fsp3) is 0.524. The average Bonchev–Trinajstić information content (AvgIpc) is 3.20. The van der Waals surface area contributed by atoms with Crippen LogP contribution in [0.1, 0.15) is 50.8 Å². The molecule has 1 saturated heterocycles. The van der Waals surface area contributed by atoms with Gasteiger partial charge in [-0.15, -0.1) is 0 Å². The molecule has 8 heteroatoms. The van der Waals surface area contributed by atoms with Crippen LogP contribution in [0, 0.1) is 11.7 Å². The second-order valence-corrected chi connectivity index (χ2v) is 8.61. The number of halogens is 1. The molecule has 0 radical (unpaired) electrons. The second kappa shape index (κ2) is 8.31. The lowest BCUT2D eigenvalue weighted by Gasteiger charge is -2.38. The molecule has 7 nitrogen and oxygen atoms in total. The monoisotopic (exact) mass is 401 g/mol. The maximum absolute atomic E-state index is 13.2. The standard InChI is InChI=1S/C21H28FN5O2/c1-21(2,3)27-19(29)8-15(20(27)16-11-25-26(4)13-16)10-24-18(28)6-5-14-7-17(22)12-23-9-14/h7,9,11-13,15,20H,5-6,8,10H2,1-4H3,(H,24,28)/t15-,20+/m1/s1. The first kappa shape index (κ1) is 21.0. The summed E-state index contributed by atoms with van der Waals surface area (Å²) < 4.78 is 14.9. The van der Waals surface area contributed by atoms with Crippen molar-refractivity contribution in [3.05, 3.63) is 47.8 Å². The van der Waals surface area contributed by atoms with Crippen molar-refractivity contribution in [1.29, 1.82) is 0 Å². The Morgan fingerprint density at radius 3 is 2.69 bits per heavy atom. The van der Waals surface area contributed by atoms with Gasteiger partial charge in [-0.05, 0) is 38.8 Å². The molecule has 0 aliphatic carbocycles. The molecule has 0 bridgehead atoms. The van der Waals surface area contributed by atoms with Gasteiger partial charge in [0.2, 0.25) is 11.8 Å². The fourth-order valence-electron chi connectivity index (χ4n) is 3.97. The van der Waals surface area contributed by atoms with Gasteiger partial charge in [0.05, 0.1) is 18.4 Å². The SMILES string of the molecule is Cn1cc([C@@H]2[C@@H](CNC(=O)CCc3cncc(F)c3)CC(=O)N2C(C)(C)C)cn1. The molecule has 0 unspecified atom stereocenters. The van der Waals surface area contributed by atoms with Crippen molar-refractivity contribution in [2.45, 2.75) is 51.6 Å². The van der Waals surface area contributed by atoms with Gasteiger partial charge in [0.15, 0.2) is 0 Å². The maximum atomic E-state index is 13.2. The third-order valence-electron chi connectivity index (χ3n) is 5.18. The van der Waals surface area contributed by atoms with Crippen molar-refractivity contribution in [1.82, 2.24) is 25.0 Å². The van der Waals surface area contributed by atoms with Gasteiger partial charge >= 0.3 is 0 Å². The van der Waals surface area contributed by atoms with E-state index in [0.29, 0.717) is 24.9 Å². The summed E-state index contributed by atoms with van der Waals surface area (Å²) in [5.74, 6) is -0.489. The number of nitrogens with zero attached hydrogens (tertiary/aromatic N) is 4. The van der Waals surface area contributed by atoms with Crippen molar-refractivity contribution in [3.63, 3.8) is 0 Å². The third kappa shape index (κ3) is 4.99. The van der Waals surface area contributed by atoms with Crippen LogP contribution in [-0.4, -0.2) is 43.6 Å². The molecule has 29 heavy (non-hydrogen) atoms. The summed E-state index contributed by atoms with van der Waals surface area (Å²) in [5, 5.41) is 7.21. The quantitative estimate of drug-likeness (QED) is 0.806. The Balaban J connectivity index is 1.65. The van der Waals surface area contributed by atoms with Gasteiger partial charge in [-0.25, -0.2) is 4.39 Å². The van der Waals surface area contributed by atoms with Crippen LogP contribution in [0.3, 0.4) is 0 Å². The van der Waals surface area contributed by atoms with E-state index < -0.39 is 5.82 Å². The van der Waals surface area contributed by atoms with E-state index in [1.54, 1.807) is 17.1 Å². The zero-order chi connectivity index (χ0) is 21.2. The summed E-state index contributed by atoms with van der Waals surface area (Å²) in [7, 11) is 1.85. The van der Waals surface area contributed by atoms with Gasteiger partial charge in [-0.3, -0.25) is 19.3 Å². The van der Waals surface area contributed by atoms with Crippen molar-refractivity contribution >= 4 is 11.8 Å². The first-order chi connectivity index (χ1) is 13.6.